The maximum absolute atomic E-state index is 12.9. The summed E-state index contributed by atoms with van der Waals surface area (Å²) in [6.07, 6.45) is 5.37. The van der Waals surface area contributed by atoms with E-state index in [1.807, 2.05) is 53.6 Å². The summed E-state index contributed by atoms with van der Waals surface area (Å²) in [5, 5.41) is 15.7. The first-order valence-corrected chi connectivity index (χ1v) is 11.7. The van der Waals surface area contributed by atoms with Crippen LogP contribution in [0.2, 0.25) is 5.02 Å². The normalized spacial score (nSPS) is 14.1. The molecular weight excluding hydrogens is 444 g/mol. The first-order valence-electron chi connectivity index (χ1n) is 11.3. The van der Waals surface area contributed by atoms with E-state index in [0.29, 0.717) is 29.2 Å². The van der Waals surface area contributed by atoms with Crippen LogP contribution in [0.25, 0.3) is 21.9 Å². The Hall–Kier alpha value is -3.88. The van der Waals surface area contributed by atoms with Gasteiger partial charge in [-0.1, -0.05) is 29.8 Å². The first-order chi connectivity index (χ1) is 16.6. The Morgan fingerprint density at radius 2 is 1.85 bits per heavy atom. The van der Waals surface area contributed by atoms with Gasteiger partial charge in [0.05, 0.1) is 11.6 Å². The van der Waals surface area contributed by atoms with E-state index in [1.54, 1.807) is 18.3 Å². The van der Waals surface area contributed by atoms with Crippen molar-refractivity contribution in [2.45, 2.75) is 18.9 Å². The summed E-state index contributed by atoms with van der Waals surface area (Å²) in [7, 11) is 0. The Balaban J connectivity index is 1.36. The number of piperidine rings is 1. The highest BCUT2D eigenvalue weighted by molar-refractivity contribution is 6.30. The number of likely N-dealkylation sites (tertiary alicyclic amines) is 1. The predicted octanol–water partition coefficient (Wildman–Crippen LogP) is 6.14. The van der Waals surface area contributed by atoms with Crippen LogP contribution in [0.5, 0.6) is 0 Å². The van der Waals surface area contributed by atoms with Crippen molar-refractivity contribution in [3.05, 3.63) is 95.3 Å². The lowest BCUT2D eigenvalue weighted by atomic mass is 9.98. The van der Waals surface area contributed by atoms with Gasteiger partial charge in [0.1, 0.15) is 0 Å². The van der Waals surface area contributed by atoms with Crippen molar-refractivity contribution < 1.29 is 4.79 Å². The number of aromatic nitrogens is 1. The van der Waals surface area contributed by atoms with Gasteiger partial charge >= 0.3 is 0 Å². The van der Waals surface area contributed by atoms with Crippen LogP contribution in [0.1, 0.15) is 28.8 Å². The van der Waals surface area contributed by atoms with Gasteiger partial charge in [-0.25, -0.2) is 0 Å². The minimum absolute atomic E-state index is 0.0231. The molecule has 4 aromatic rings. The number of benzene rings is 3. The molecule has 168 valence electrons. The van der Waals surface area contributed by atoms with Crippen molar-refractivity contribution >= 4 is 34.0 Å². The SMILES string of the molecule is N#Cc1cccc(-c2cc(NC3CCN(C(=O)c4cccc(Cl)c4)CC3)c3cnccc3c2)c1. The van der Waals surface area contributed by atoms with E-state index in [-0.39, 0.29) is 11.9 Å². The van der Waals surface area contributed by atoms with Gasteiger partial charge in [-0.15, -0.1) is 0 Å². The third-order valence-electron chi connectivity index (χ3n) is 6.29. The summed E-state index contributed by atoms with van der Waals surface area (Å²) in [6, 6.07) is 23.5. The van der Waals surface area contributed by atoms with Gasteiger partial charge in [-0.05, 0) is 77.9 Å². The molecule has 0 saturated carbocycles. The van der Waals surface area contributed by atoms with Crippen LogP contribution in [0.4, 0.5) is 5.69 Å². The van der Waals surface area contributed by atoms with E-state index in [1.165, 1.54) is 0 Å². The number of hydrogen-bond donors (Lipinski definition) is 1. The molecule has 1 N–H and O–H groups in total. The fourth-order valence-electron chi connectivity index (χ4n) is 4.50. The molecule has 34 heavy (non-hydrogen) atoms. The number of anilines is 1. The van der Waals surface area contributed by atoms with E-state index in [0.717, 1.165) is 40.4 Å². The quantitative estimate of drug-likeness (QED) is 0.392. The van der Waals surface area contributed by atoms with Gasteiger partial charge in [-0.3, -0.25) is 9.78 Å². The Bertz CT molecular complexity index is 1400. The van der Waals surface area contributed by atoms with Gasteiger partial charge < -0.3 is 10.2 Å². The number of carbonyl (C=O) groups excluding carboxylic acids is 1. The second-order valence-electron chi connectivity index (χ2n) is 8.53. The maximum Gasteiger partial charge on any atom is 0.253 e. The molecule has 1 aromatic heterocycles. The molecule has 2 heterocycles. The summed E-state index contributed by atoms with van der Waals surface area (Å²) in [6.45, 7) is 1.37. The molecule has 1 fully saturated rings. The van der Waals surface area contributed by atoms with Crippen LogP contribution in [0.3, 0.4) is 0 Å². The average Bonchev–Trinajstić information content (AvgIpc) is 2.88. The summed E-state index contributed by atoms with van der Waals surface area (Å²) in [4.78, 5) is 19.1. The minimum Gasteiger partial charge on any atom is -0.382 e. The molecule has 0 atom stereocenters. The number of rotatable bonds is 4. The molecular formula is C28H23ClN4O. The smallest absolute Gasteiger partial charge is 0.253 e. The van der Waals surface area contributed by atoms with Crippen molar-refractivity contribution in [1.29, 1.82) is 5.26 Å². The Morgan fingerprint density at radius 3 is 2.65 bits per heavy atom. The fourth-order valence-corrected chi connectivity index (χ4v) is 4.69. The Kier molecular flexibility index (Phi) is 6.16. The summed E-state index contributed by atoms with van der Waals surface area (Å²) >= 11 is 6.06. The van der Waals surface area contributed by atoms with E-state index >= 15 is 0 Å². The monoisotopic (exact) mass is 466 g/mol. The number of amides is 1. The van der Waals surface area contributed by atoms with E-state index < -0.39 is 0 Å². The zero-order valence-corrected chi connectivity index (χ0v) is 19.3. The molecule has 0 spiro atoms. The van der Waals surface area contributed by atoms with Crippen molar-refractivity contribution in [3.63, 3.8) is 0 Å². The predicted molar refractivity (Wildman–Crippen MR) is 136 cm³/mol. The van der Waals surface area contributed by atoms with Crippen LogP contribution in [0.15, 0.2) is 79.1 Å². The number of nitrogens with one attached hydrogen (secondary N) is 1. The number of fused-ring (bicyclic) bond motifs is 1. The van der Waals surface area contributed by atoms with Gasteiger partial charge in [0.2, 0.25) is 0 Å². The van der Waals surface area contributed by atoms with Gasteiger partial charge in [0.15, 0.2) is 0 Å². The molecule has 5 rings (SSSR count). The number of halogens is 1. The van der Waals surface area contributed by atoms with E-state index in [9.17, 15) is 10.1 Å². The standard InChI is InChI=1S/C28H23ClN4O/c29-24-6-2-5-22(15-24)28(34)33-11-8-25(9-12-33)32-27-16-23(14-21-7-10-31-18-26(21)27)20-4-1-3-19(13-20)17-30/h1-7,10,13-16,18,25,32H,8-9,11-12H2. The van der Waals surface area contributed by atoms with Crippen LogP contribution in [-0.2, 0) is 0 Å². The van der Waals surface area contributed by atoms with Gasteiger partial charge in [0, 0.05) is 53.2 Å². The van der Waals surface area contributed by atoms with Crippen molar-refractivity contribution in [1.82, 2.24) is 9.88 Å². The lowest BCUT2D eigenvalue weighted by Crippen LogP contribution is -2.42. The topological polar surface area (TPSA) is 69.0 Å². The van der Waals surface area contributed by atoms with Gasteiger partial charge in [0.25, 0.3) is 5.91 Å². The van der Waals surface area contributed by atoms with E-state index in [4.69, 9.17) is 11.6 Å². The lowest BCUT2D eigenvalue weighted by molar-refractivity contribution is 0.0718. The molecule has 0 radical (unpaired) electrons. The molecule has 5 nitrogen and oxygen atoms in total. The molecule has 0 unspecified atom stereocenters. The lowest BCUT2D eigenvalue weighted by Gasteiger charge is -2.33. The third kappa shape index (κ3) is 4.59. The summed E-state index contributed by atoms with van der Waals surface area (Å²) < 4.78 is 0. The average molecular weight is 467 g/mol. The molecule has 0 bridgehead atoms. The number of carbonyl (C=O) groups is 1. The largest absolute Gasteiger partial charge is 0.382 e. The van der Waals surface area contributed by atoms with Crippen LogP contribution in [-0.4, -0.2) is 34.9 Å². The highest BCUT2D eigenvalue weighted by Gasteiger charge is 2.24. The Morgan fingerprint density at radius 1 is 1.03 bits per heavy atom. The first kappa shape index (κ1) is 21.9. The van der Waals surface area contributed by atoms with Crippen LogP contribution >= 0.6 is 11.6 Å². The third-order valence-corrected chi connectivity index (χ3v) is 6.53. The van der Waals surface area contributed by atoms with Crippen molar-refractivity contribution in [2.75, 3.05) is 18.4 Å². The molecule has 0 aliphatic carbocycles. The van der Waals surface area contributed by atoms with Gasteiger partial charge in [-0.2, -0.15) is 5.26 Å². The molecule has 1 saturated heterocycles. The number of nitrogens with zero attached hydrogens (tertiary/aromatic N) is 3. The maximum atomic E-state index is 12.9. The fraction of sp³-hybridized carbons (Fsp3) is 0.179. The van der Waals surface area contributed by atoms with E-state index in [2.05, 4.69) is 28.5 Å². The number of pyridine rings is 1. The summed E-state index contributed by atoms with van der Waals surface area (Å²) in [5.74, 6) is 0.0231. The number of hydrogen-bond acceptors (Lipinski definition) is 4. The highest BCUT2D eigenvalue weighted by Crippen LogP contribution is 2.32. The zero-order chi connectivity index (χ0) is 23.5. The second-order valence-corrected chi connectivity index (χ2v) is 8.97. The van der Waals surface area contributed by atoms with Crippen LogP contribution in [0, 0.1) is 11.3 Å². The number of nitriles is 1. The van der Waals surface area contributed by atoms with Crippen molar-refractivity contribution in [2.24, 2.45) is 0 Å². The molecule has 1 aliphatic heterocycles. The minimum atomic E-state index is 0.0231. The Labute approximate surface area is 203 Å². The molecule has 3 aromatic carbocycles. The zero-order valence-electron chi connectivity index (χ0n) is 18.5. The molecule has 6 heteroatoms. The second kappa shape index (κ2) is 9.54. The molecule has 1 amide bonds. The van der Waals surface area contributed by atoms with Crippen LogP contribution < -0.4 is 5.32 Å². The highest BCUT2D eigenvalue weighted by atomic mass is 35.5. The van der Waals surface area contributed by atoms with Crippen molar-refractivity contribution in [3.8, 4) is 17.2 Å². The molecule has 1 aliphatic rings. The summed E-state index contributed by atoms with van der Waals surface area (Å²) in [5.41, 5.74) is 4.33.